The molecule has 0 aliphatic heterocycles. The number of rotatable bonds is 6. The Balaban J connectivity index is 1.77. The predicted octanol–water partition coefficient (Wildman–Crippen LogP) is 8.05. The summed E-state index contributed by atoms with van der Waals surface area (Å²) in [7, 11) is 0. The maximum absolute atomic E-state index is 15.2. The average molecular weight is 465 g/mol. The van der Waals surface area contributed by atoms with E-state index >= 15 is 8.78 Å². The van der Waals surface area contributed by atoms with E-state index in [0.717, 1.165) is 6.07 Å². The van der Waals surface area contributed by atoms with Crippen molar-refractivity contribution in [2.24, 2.45) is 5.41 Å². The molecule has 0 fully saturated rings. The van der Waals surface area contributed by atoms with Gasteiger partial charge in [0.2, 0.25) is 0 Å². The van der Waals surface area contributed by atoms with E-state index in [-0.39, 0.29) is 28.9 Å². The van der Waals surface area contributed by atoms with Gasteiger partial charge in [0, 0.05) is 17.1 Å². The van der Waals surface area contributed by atoms with Crippen LogP contribution in [0, 0.1) is 25.1 Å². The second-order valence-corrected chi connectivity index (χ2v) is 8.53. The Kier molecular flexibility index (Phi) is 7.45. The van der Waals surface area contributed by atoms with Crippen LogP contribution in [0.25, 0.3) is 5.57 Å². The summed E-state index contributed by atoms with van der Waals surface area (Å²) >= 11 is 0. The van der Waals surface area contributed by atoms with Gasteiger partial charge < -0.3 is 4.74 Å². The molecule has 1 unspecified atom stereocenters. The Morgan fingerprint density at radius 1 is 1.12 bits per heavy atom. The van der Waals surface area contributed by atoms with Crippen molar-refractivity contribution < 1.29 is 22.7 Å². The molecule has 1 aliphatic carbocycles. The van der Waals surface area contributed by atoms with Gasteiger partial charge in [-0.2, -0.15) is 0 Å². The Morgan fingerprint density at radius 2 is 1.79 bits per heavy atom. The van der Waals surface area contributed by atoms with Crippen LogP contribution in [-0.4, -0.2) is 5.97 Å². The lowest BCUT2D eigenvalue weighted by atomic mass is 9.75. The molecule has 1 atom stereocenters. The summed E-state index contributed by atoms with van der Waals surface area (Å²) < 4.78 is 49.5. The Morgan fingerprint density at radius 3 is 2.35 bits per heavy atom. The Labute approximate surface area is 198 Å². The monoisotopic (exact) mass is 464 g/mol. The zero-order valence-corrected chi connectivity index (χ0v) is 19.7. The first kappa shape index (κ1) is 25.0. The fourth-order valence-electron chi connectivity index (χ4n) is 3.66. The summed E-state index contributed by atoms with van der Waals surface area (Å²) in [5.74, 6) is -3.03. The zero-order valence-electron chi connectivity index (χ0n) is 19.7. The van der Waals surface area contributed by atoms with Crippen LogP contribution in [0.5, 0.6) is 5.75 Å². The summed E-state index contributed by atoms with van der Waals surface area (Å²) in [4.78, 5) is 12.5. The van der Waals surface area contributed by atoms with Gasteiger partial charge in [0.1, 0.15) is 11.6 Å². The fraction of sp³-hybridized carbons (Fsp3) is 0.207. The van der Waals surface area contributed by atoms with E-state index in [9.17, 15) is 9.18 Å². The van der Waals surface area contributed by atoms with E-state index in [2.05, 4.69) is 6.58 Å². The molecule has 0 saturated carbocycles. The van der Waals surface area contributed by atoms with Gasteiger partial charge in [-0.25, -0.2) is 18.0 Å². The molecule has 5 heteroatoms. The van der Waals surface area contributed by atoms with E-state index in [1.54, 1.807) is 76.2 Å². The van der Waals surface area contributed by atoms with Crippen molar-refractivity contribution in [2.75, 3.05) is 0 Å². The lowest BCUT2D eigenvalue weighted by Crippen LogP contribution is -2.21. The molecule has 0 amide bonds. The molecule has 2 aromatic carbocycles. The number of halogens is 3. The Bertz CT molecular complexity index is 1230. The van der Waals surface area contributed by atoms with Gasteiger partial charge in [-0.15, -0.1) is 0 Å². The van der Waals surface area contributed by atoms with Crippen LogP contribution in [0.1, 0.15) is 37.0 Å². The SMILES string of the molecule is C=C(/C(F)=C(F)\C(=C/C)c1ccccc1)C1(C)C=CC(C(=O)Oc2cc(C)c(C)c(F)c2)=CC1. The number of esters is 1. The fourth-order valence-corrected chi connectivity index (χ4v) is 3.66. The lowest BCUT2D eigenvalue weighted by Gasteiger charge is -2.29. The minimum absolute atomic E-state index is 0.0311. The third kappa shape index (κ3) is 5.14. The molecule has 2 aromatic rings. The van der Waals surface area contributed by atoms with Crippen LogP contribution in [0.2, 0.25) is 0 Å². The van der Waals surface area contributed by atoms with Crippen LogP contribution in [-0.2, 0) is 4.79 Å². The molecule has 0 N–H and O–H groups in total. The highest BCUT2D eigenvalue weighted by Crippen LogP contribution is 2.43. The number of carbonyl (C=O) groups is 1. The minimum Gasteiger partial charge on any atom is -0.423 e. The summed E-state index contributed by atoms with van der Waals surface area (Å²) in [5.41, 5.74) is 1.13. The molecule has 2 nitrogen and oxygen atoms in total. The largest absolute Gasteiger partial charge is 0.423 e. The molecule has 0 bridgehead atoms. The third-order valence-corrected chi connectivity index (χ3v) is 6.16. The van der Waals surface area contributed by atoms with Gasteiger partial charge in [0.05, 0.1) is 5.57 Å². The van der Waals surface area contributed by atoms with E-state index in [4.69, 9.17) is 4.74 Å². The molecular weight excluding hydrogens is 437 g/mol. The van der Waals surface area contributed by atoms with Crippen LogP contribution >= 0.6 is 0 Å². The van der Waals surface area contributed by atoms with Crippen molar-refractivity contribution in [3.05, 3.63) is 119 Å². The van der Waals surface area contributed by atoms with E-state index in [0.29, 0.717) is 16.7 Å². The van der Waals surface area contributed by atoms with Crippen LogP contribution in [0.15, 0.2) is 96.1 Å². The summed E-state index contributed by atoms with van der Waals surface area (Å²) in [5, 5.41) is 0. The van der Waals surface area contributed by atoms with Crippen molar-refractivity contribution in [3.8, 4) is 5.75 Å². The van der Waals surface area contributed by atoms with Gasteiger partial charge in [0.15, 0.2) is 11.7 Å². The summed E-state index contributed by atoms with van der Waals surface area (Å²) in [6.45, 7) is 10.5. The van der Waals surface area contributed by atoms with E-state index in [1.807, 2.05) is 0 Å². The van der Waals surface area contributed by atoms with E-state index < -0.39 is 28.9 Å². The standard InChI is InChI=1S/C29H27F3O2/c1-6-24(21-10-8-7-9-11-21)27(32)26(31)20(4)29(5)14-12-22(13-15-29)28(33)34-23-16-18(2)19(3)25(30)17-23/h6-14,16-17H,4,15H2,1-3,5H3/b24-6-,27-26-. The predicted molar refractivity (Wildman–Crippen MR) is 130 cm³/mol. The lowest BCUT2D eigenvalue weighted by molar-refractivity contribution is -0.129. The molecule has 1 aliphatic rings. The molecule has 0 aromatic heterocycles. The first-order chi connectivity index (χ1) is 16.1. The van der Waals surface area contributed by atoms with Crippen molar-refractivity contribution in [1.29, 1.82) is 0 Å². The molecule has 0 heterocycles. The second-order valence-electron chi connectivity index (χ2n) is 8.53. The van der Waals surface area contributed by atoms with Crippen molar-refractivity contribution >= 4 is 11.5 Å². The first-order valence-electron chi connectivity index (χ1n) is 10.9. The van der Waals surface area contributed by atoms with Gasteiger partial charge in [-0.3, -0.25) is 0 Å². The number of hydrogen-bond acceptors (Lipinski definition) is 2. The van der Waals surface area contributed by atoms with Gasteiger partial charge in [-0.1, -0.05) is 68.1 Å². The number of benzene rings is 2. The molecule has 0 radical (unpaired) electrons. The highest BCUT2D eigenvalue weighted by molar-refractivity contribution is 5.93. The van der Waals surface area contributed by atoms with Crippen molar-refractivity contribution in [2.45, 2.75) is 34.1 Å². The maximum atomic E-state index is 15.2. The number of aryl methyl sites for hydroxylation is 1. The minimum atomic E-state index is -1.03. The number of carbonyl (C=O) groups excluding carboxylic acids is 1. The number of ether oxygens (including phenoxy) is 1. The molecule has 3 rings (SSSR count). The highest BCUT2D eigenvalue weighted by atomic mass is 19.2. The van der Waals surface area contributed by atoms with Crippen molar-refractivity contribution in [1.82, 2.24) is 0 Å². The van der Waals surface area contributed by atoms with Gasteiger partial charge >= 0.3 is 5.97 Å². The van der Waals surface area contributed by atoms with Crippen LogP contribution in [0.4, 0.5) is 13.2 Å². The third-order valence-electron chi connectivity index (χ3n) is 6.16. The summed E-state index contributed by atoms with van der Waals surface area (Å²) in [6.07, 6.45) is 6.42. The Hall–Kier alpha value is -3.60. The van der Waals surface area contributed by atoms with E-state index in [1.165, 1.54) is 12.2 Å². The van der Waals surface area contributed by atoms with Crippen molar-refractivity contribution in [3.63, 3.8) is 0 Å². The molecule has 0 saturated heterocycles. The van der Waals surface area contributed by atoms with Crippen LogP contribution < -0.4 is 4.74 Å². The quantitative estimate of drug-likeness (QED) is 0.246. The van der Waals surface area contributed by atoms with Crippen LogP contribution in [0.3, 0.4) is 0 Å². The highest BCUT2D eigenvalue weighted by Gasteiger charge is 2.32. The summed E-state index contributed by atoms with van der Waals surface area (Å²) in [6, 6.07) is 11.5. The molecular formula is C29H27F3O2. The normalized spacial score (nSPS) is 18.8. The molecule has 34 heavy (non-hydrogen) atoms. The number of hydrogen-bond donors (Lipinski definition) is 0. The smallest absolute Gasteiger partial charge is 0.343 e. The first-order valence-corrected chi connectivity index (χ1v) is 10.9. The number of allylic oxidation sites excluding steroid dienone is 7. The van der Waals surface area contributed by atoms with Gasteiger partial charge in [0.25, 0.3) is 0 Å². The molecule has 0 spiro atoms. The maximum Gasteiger partial charge on any atom is 0.343 e. The van der Waals surface area contributed by atoms with Gasteiger partial charge in [-0.05, 0) is 55.5 Å². The molecule has 176 valence electrons. The average Bonchev–Trinajstić information content (AvgIpc) is 2.83. The topological polar surface area (TPSA) is 26.3 Å². The second kappa shape index (κ2) is 10.1. The zero-order chi connectivity index (χ0) is 25.0.